The van der Waals surface area contributed by atoms with E-state index in [-0.39, 0.29) is 6.04 Å². The monoisotopic (exact) mass is 354 g/mol. The van der Waals surface area contributed by atoms with Crippen LogP contribution in [-0.4, -0.2) is 41.0 Å². The third-order valence-corrected chi connectivity index (χ3v) is 4.47. The highest BCUT2D eigenvalue weighted by molar-refractivity contribution is 6.51. The summed E-state index contributed by atoms with van der Waals surface area (Å²) in [4.78, 5) is 11.8. The van der Waals surface area contributed by atoms with Crippen molar-refractivity contribution in [2.75, 3.05) is 18.5 Å². The minimum Gasteiger partial charge on any atom is -0.532 e. The molecule has 1 aromatic carbocycles. The van der Waals surface area contributed by atoms with E-state index in [1.807, 2.05) is 6.07 Å². The van der Waals surface area contributed by atoms with E-state index in [4.69, 9.17) is 15.1 Å². The number of aromatic nitrogens is 2. The molecule has 2 aliphatic heterocycles. The Balaban J connectivity index is 1.61. The lowest BCUT2D eigenvalue weighted by Crippen LogP contribution is -2.21. The standard InChI is InChI=1S/C17H19BN4O4/c19-16(23)14-9-22(13-2-1-7-25-10-13)21-17(14)20-12-3-4-15-11(8-12)5-6-18(24)26-15/h3-6,8-9,13,24H,1-2,7,10H2,(H2,19,23)(H,20,21). The summed E-state index contributed by atoms with van der Waals surface area (Å²) in [6, 6.07) is 5.49. The van der Waals surface area contributed by atoms with Crippen LogP contribution >= 0.6 is 0 Å². The van der Waals surface area contributed by atoms with Gasteiger partial charge in [0.1, 0.15) is 11.3 Å². The largest absolute Gasteiger partial charge is 0.552 e. The number of benzene rings is 1. The first-order valence-corrected chi connectivity index (χ1v) is 8.51. The lowest BCUT2D eigenvalue weighted by Gasteiger charge is -2.22. The molecule has 2 aliphatic rings. The summed E-state index contributed by atoms with van der Waals surface area (Å²) in [6.07, 6.45) is 5.36. The van der Waals surface area contributed by atoms with E-state index in [9.17, 15) is 9.82 Å². The quantitative estimate of drug-likeness (QED) is 0.718. The van der Waals surface area contributed by atoms with Gasteiger partial charge in [-0.3, -0.25) is 9.48 Å². The van der Waals surface area contributed by atoms with Crippen LogP contribution < -0.4 is 15.7 Å². The molecule has 1 unspecified atom stereocenters. The molecule has 2 aromatic rings. The molecule has 1 aromatic heterocycles. The SMILES string of the molecule is NC(=O)c1cn(C2CCCOC2)nc1Nc1ccc2c(c1)C=CB(O)O2. The van der Waals surface area contributed by atoms with Gasteiger partial charge in [0.15, 0.2) is 5.82 Å². The van der Waals surface area contributed by atoms with E-state index in [1.54, 1.807) is 35.1 Å². The summed E-state index contributed by atoms with van der Waals surface area (Å²) in [7, 11) is -0.934. The molecule has 8 nitrogen and oxygen atoms in total. The predicted molar refractivity (Wildman–Crippen MR) is 97.2 cm³/mol. The van der Waals surface area contributed by atoms with Crippen LogP contribution in [0.5, 0.6) is 5.75 Å². The van der Waals surface area contributed by atoms with E-state index in [2.05, 4.69) is 10.4 Å². The zero-order valence-corrected chi connectivity index (χ0v) is 14.1. The van der Waals surface area contributed by atoms with Crippen LogP contribution in [0, 0.1) is 0 Å². The molecule has 4 rings (SSSR count). The molecule has 0 radical (unpaired) electrons. The van der Waals surface area contributed by atoms with E-state index >= 15 is 0 Å². The number of anilines is 2. The maximum absolute atomic E-state index is 11.8. The van der Waals surface area contributed by atoms with Gasteiger partial charge in [0.25, 0.3) is 5.91 Å². The van der Waals surface area contributed by atoms with E-state index < -0.39 is 13.0 Å². The first-order chi connectivity index (χ1) is 12.6. The highest BCUT2D eigenvalue weighted by Crippen LogP contribution is 2.30. The summed E-state index contributed by atoms with van der Waals surface area (Å²) in [5, 5.41) is 17.1. The average molecular weight is 354 g/mol. The fourth-order valence-corrected chi connectivity index (χ4v) is 3.14. The van der Waals surface area contributed by atoms with Crippen molar-refractivity contribution in [3.05, 3.63) is 41.5 Å². The topological polar surface area (TPSA) is 112 Å². The van der Waals surface area contributed by atoms with Crippen molar-refractivity contribution in [2.45, 2.75) is 18.9 Å². The number of nitrogens with one attached hydrogen (secondary N) is 1. The number of amides is 1. The lowest BCUT2D eigenvalue weighted by molar-refractivity contribution is 0.0550. The van der Waals surface area contributed by atoms with Crippen LogP contribution in [0.2, 0.25) is 0 Å². The number of nitrogens with two attached hydrogens (primary N) is 1. The Kier molecular flexibility index (Phi) is 4.40. The smallest absolute Gasteiger partial charge is 0.532 e. The van der Waals surface area contributed by atoms with Crippen molar-refractivity contribution >= 4 is 30.6 Å². The number of rotatable bonds is 4. The van der Waals surface area contributed by atoms with Gasteiger partial charge in [0.05, 0.1) is 12.6 Å². The summed E-state index contributed by atoms with van der Waals surface area (Å²) < 4.78 is 12.6. The average Bonchev–Trinajstić information content (AvgIpc) is 3.07. The van der Waals surface area contributed by atoms with Gasteiger partial charge in [0, 0.05) is 24.1 Å². The van der Waals surface area contributed by atoms with Crippen LogP contribution in [0.3, 0.4) is 0 Å². The molecule has 1 amide bonds. The van der Waals surface area contributed by atoms with Crippen molar-refractivity contribution in [1.29, 1.82) is 0 Å². The van der Waals surface area contributed by atoms with E-state index in [1.165, 1.54) is 0 Å². The van der Waals surface area contributed by atoms with Crippen LogP contribution in [0.15, 0.2) is 30.4 Å². The number of carbonyl (C=O) groups is 1. The van der Waals surface area contributed by atoms with Crippen LogP contribution in [0.1, 0.15) is 34.8 Å². The Morgan fingerprint density at radius 2 is 2.35 bits per heavy atom. The molecule has 0 aliphatic carbocycles. The molecular weight excluding hydrogens is 335 g/mol. The molecule has 4 N–H and O–H groups in total. The Labute approximate surface area is 150 Å². The van der Waals surface area contributed by atoms with Gasteiger partial charge in [-0.15, -0.1) is 0 Å². The molecule has 1 fully saturated rings. The second kappa shape index (κ2) is 6.85. The van der Waals surface area contributed by atoms with Crippen molar-refractivity contribution in [3.63, 3.8) is 0 Å². The Bertz CT molecular complexity index is 860. The van der Waals surface area contributed by atoms with E-state index in [0.717, 1.165) is 30.7 Å². The minimum atomic E-state index is -0.934. The van der Waals surface area contributed by atoms with Gasteiger partial charge < -0.3 is 25.5 Å². The van der Waals surface area contributed by atoms with Gasteiger partial charge in [-0.2, -0.15) is 5.10 Å². The Hall–Kier alpha value is -2.78. The van der Waals surface area contributed by atoms with Crippen LogP contribution in [0.25, 0.3) is 6.08 Å². The first kappa shape index (κ1) is 16.7. The van der Waals surface area contributed by atoms with E-state index in [0.29, 0.717) is 23.7 Å². The summed E-state index contributed by atoms with van der Waals surface area (Å²) in [6.45, 7) is 1.33. The zero-order chi connectivity index (χ0) is 18.1. The molecule has 0 bridgehead atoms. The van der Waals surface area contributed by atoms with Crippen LogP contribution in [0.4, 0.5) is 11.5 Å². The summed E-state index contributed by atoms with van der Waals surface area (Å²) in [5.74, 6) is 2.01. The van der Waals surface area contributed by atoms with Gasteiger partial charge in [-0.1, -0.05) is 6.08 Å². The Morgan fingerprint density at radius 1 is 1.46 bits per heavy atom. The normalized spacial score (nSPS) is 19.0. The van der Waals surface area contributed by atoms with Gasteiger partial charge in [-0.25, -0.2) is 0 Å². The summed E-state index contributed by atoms with van der Waals surface area (Å²) in [5.41, 5.74) is 7.40. The number of hydrogen-bond acceptors (Lipinski definition) is 6. The van der Waals surface area contributed by atoms with Crippen molar-refractivity contribution in [2.24, 2.45) is 5.73 Å². The number of nitrogens with zero attached hydrogens (tertiary/aromatic N) is 2. The molecule has 0 saturated carbocycles. The third kappa shape index (κ3) is 3.31. The molecule has 3 heterocycles. The fourth-order valence-electron chi connectivity index (χ4n) is 3.14. The van der Waals surface area contributed by atoms with Gasteiger partial charge in [0.2, 0.25) is 0 Å². The Morgan fingerprint density at radius 3 is 3.12 bits per heavy atom. The third-order valence-electron chi connectivity index (χ3n) is 4.47. The highest BCUT2D eigenvalue weighted by atomic mass is 16.5. The number of fused-ring (bicyclic) bond motifs is 1. The number of carbonyl (C=O) groups excluding carboxylic acids is 1. The second-order valence-electron chi connectivity index (χ2n) is 6.35. The first-order valence-electron chi connectivity index (χ1n) is 8.51. The number of hydrogen-bond donors (Lipinski definition) is 3. The van der Waals surface area contributed by atoms with Crippen molar-refractivity contribution < 1.29 is 19.2 Å². The zero-order valence-electron chi connectivity index (χ0n) is 14.1. The minimum absolute atomic E-state index is 0.0961. The van der Waals surface area contributed by atoms with Crippen molar-refractivity contribution in [3.8, 4) is 5.75 Å². The van der Waals surface area contributed by atoms with Crippen molar-refractivity contribution in [1.82, 2.24) is 9.78 Å². The molecular formula is C17H19BN4O4. The van der Waals surface area contributed by atoms with Gasteiger partial charge in [-0.05, 0) is 37.0 Å². The molecule has 9 heteroatoms. The second-order valence-corrected chi connectivity index (χ2v) is 6.35. The maximum Gasteiger partial charge on any atom is 0.552 e. The summed E-state index contributed by atoms with van der Waals surface area (Å²) >= 11 is 0. The molecule has 134 valence electrons. The van der Waals surface area contributed by atoms with Crippen LogP contribution in [-0.2, 0) is 4.74 Å². The molecule has 1 saturated heterocycles. The number of primary amides is 1. The number of ether oxygens (including phenoxy) is 1. The highest BCUT2D eigenvalue weighted by Gasteiger charge is 2.22. The molecule has 0 spiro atoms. The fraction of sp³-hybridized carbons (Fsp3) is 0.294. The lowest BCUT2D eigenvalue weighted by atomic mass is 9.86. The molecule has 26 heavy (non-hydrogen) atoms. The molecule has 1 atom stereocenters. The van der Waals surface area contributed by atoms with Gasteiger partial charge >= 0.3 is 7.12 Å². The predicted octanol–water partition coefficient (Wildman–Crippen LogP) is 1.50. The maximum atomic E-state index is 11.8.